The van der Waals surface area contributed by atoms with E-state index >= 15 is 0 Å². The fourth-order valence-electron chi connectivity index (χ4n) is 0.963. The number of unbranched alkanes of at least 4 members (excludes halogenated alkanes) is 1. The highest BCUT2D eigenvalue weighted by atomic mass is 16.5. The molecule has 1 saturated heterocycles. The lowest BCUT2D eigenvalue weighted by Crippen LogP contribution is -2.44. The molecule has 1 aliphatic heterocycles. The first-order valence-corrected chi connectivity index (χ1v) is 4.22. The number of hydrogen-bond acceptors (Lipinski definition) is 2. The van der Waals surface area contributed by atoms with Crippen molar-refractivity contribution in [2.24, 2.45) is 5.92 Å². The topological polar surface area (TPSA) is 21.3 Å². The first-order chi connectivity index (χ1) is 4.93. The normalized spacial score (nSPS) is 18.9. The van der Waals surface area contributed by atoms with Crippen molar-refractivity contribution in [3.8, 4) is 0 Å². The summed E-state index contributed by atoms with van der Waals surface area (Å²) >= 11 is 0. The highest BCUT2D eigenvalue weighted by Crippen LogP contribution is 2.02. The summed E-state index contributed by atoms with van der Waals surface area (Å²) in [6.07, 6.45) is 2.45. The minimum atomic E-state index is 0.803. The smallest absolute Gasteiger partial charge is 0.0518 e. The Morgan fingerprint density at radius 1 is 1.50 bits per heavy atom. The number of hydrogen-bond donors (Lipinski definition) is 1. The van der Waals surface area contributed by atoms with E-state index in [2.05, 4.69) is 12.2 Å². The van der Waals surface area contributed by atoms with Crippen LogP contribution < -0.4 is 5.32 Å². The summed E-state index contributed by atoms with van der Waals surface area (Å²) in [5.41, 5.74) is 0. The fraction of sp³-hybridized carbons (Fsp3) is 1.00. The Kier molecular flexibility index (Phi) is 3.76. The van der Waals surface area contributed by atoms with Crippen LogP contribution in [-0.4, -0.2) is 26.3 Å². The SMILES string of the molecule is CCCCOCC1CNC1. The quantitative estimate of drug-likeness (QED) is 0.580. The van der Waals surface area contributed by atoms with Gasteiger partial charge in [0.05, 0.1) is 6.61 Å². The molecule has 0 radical (unpaired) electrons. The molecule has 0 bridgehead atoms. The molecule has 0 aromatic heterocycles. The molecule has 0 atom stereocenters. The van der Waals surface area contributed by atoms with Crippen molar-refractivity contribution in [1.82, 2.24) is 5.32 Å². The lowest BCUT2D eigenvalue weighted by Gasteiger charge is -2.26. The summed E-state index contributed by atoms with van der Waals surface area (Å²) in [7, 11) is 0. The molecule has 0 amide bonds. The first-order valence-electron chi connectivity index (χ1n) is 4.22. The van der Waals surface area contributed by atoms with Crippen molar-refractivity contribution in [1.29, 1.82) is 0 Å². The van der Waals surface area contributed by atoms with E-state index in [0.29, 0.717) is 0 Å². The zero-order valence-electron chi connectivity index (χ0n) is 6.73. The van der Waals surface area contributed by atoms with Crippen LogP contribution in [0.5, 0.6) is 0 Å². The predicted octanol–water partition coefficient (Wildman–Crippen LogP) is 1.02. The van der Waals surface area contributed by atoms with E-state index in [-0.39, 0.29) is 0 Å². The van der Waals surface area contributed by atoms with Crippen molar-refractivity contribution in [3.05, 3.63) is 0 Å². The van der Waals surface area contributed by atoms with Crippen LogP contribution in [0.25, 0.3) is 0 Å². The van der Waals surface area contributed by atoms with Gasteiger partial charge in [-0.3, -0.25) is 0 Å². The van der Waals surface area contributed by atoms with Gasteiger partial charge in [-0.2, -0.15) is 0 Å². The molecule has 0 aliphatic carbocycles. The molecule has 0 aromatic rings. The minimum Gasteiger partial charge on any atom is -0.381 e. The standard InChI is InChI=1S/C8H17NO/c1-2-3-4-10-7-8-5-9-6-8/h8-9H,2-7H2,1H3. The van der Waals surface area contributed by atoms with Gasteiger partial charge < -0.3 is 10.1 Å². The van der Waals surface area contributed by atoms with Gasteiger partial charge in [0.1, 0.15) is 0 Å². The van der Waals surface area contributed by atoms with Crippen LogP contribution in [0, 0.1) is 5.92 Å². The monoisotopic (exact) mass is 143 g/mol. The van der Waals surface area contributed by atoms with E-state index in [4.69, 9.17) is 4.74 Å². The summed E-state index contributed by atoms with van der Waals surface area (Å²) in [5, 5.41) is 3.22. The third-order valence-corrected chi connectivity index (χ3v) is 1.86. The largest absolute Gasteiger partial charge is 0.381 e. The van der Waals surface area contributed by atoms with E-state index < -0.39 is 0 Å². The Labute approximate surface area is 63.0 Å². The summed E-state index contributed by atoms with van der Waals surface area (Å²) in [6.45, 7) is 6.42. The van der Waals surface area contributed by atoms with Gasteiger partial charge in [-0.15, -0.1) is 0 Å². The fourth-order valence-corrected chi connectivity index (χ4v) is 0.963. The molecular weight excluding hydrogens is 126 g/mol. The van der Waals surface area contributed by atoms with Crippen molar-refractivity contribution in [2.75, 3.05) is 26.3 Å². The highest BCUT2D eigenvalue weighted by Gasteiger charge is 2.15. The zero-order chi connectivity index (χ0) is 7.23. The average Bonchev–Trinajstić information content (AvgIpc) is 1.84. The summed E-state index contributed by atoms with van der Waals surface area (Å²) < 4.78 is 5.44. The van der Waals surface area contributed by atoms with Gasteiger partial charge in [0.15, 0.2) is 0 Å². The van der Waals surface area contributed by atoms with Crippen molar-refractivity contribution in [2.45, 2.75) is 19.8 Å². The summed E-state index contributed by atoms with van der Waals surface area (Å²) in [4.78, 5) is 0. The van der Waals surface area contributed by atoms with E-state index in [0.717, 1.165) is 32.2 Å². The Morgan fingerprint density at radius 3 is 2.80 bits per heavy atom. The van der Waals surface area contributed by atoms with Crippen molar-refractivity contribution < 1.29 is 4.74 Å². The number of nitrogens with one attached hydrogen (secondary N) is 1. The van der Waals surface area contributed by atoms with Gasteiger partial charge >= 0.3 is 0 Å². The van der Waals surface area contributed by atoms with Gasteiger partial charge in [-0.1, -0.05) is 13.3 Å². The summed E-state index contributed by atoms with van der Waals surface area (Å²) in [5.74, 6) is 0.803. The van der Waals surface area contributed by atoms with Gasteiger partial charge in [0, 0.05) is 25.6 Å². The van der Waals surface area contributed by atoms with Crippen molar-refractivity contribution in [3.63, 3.8) is 0 Å². The van der Waals surface area contributed by atoms with E-state index in [1.807, 2.05) is 0 Å². The van der Waals surface area contributed by atoms with Crippen LogP contribution in [0.2, 0.25) is 0 Å². The zero-order valence-corrected chi connectivity index (χ0v) is 6.73. The molecular formula is C8H17NO. The van der Waals surface area contributed by atoms with Gasteiger partial charge in [0.25, 0.3) is 0 Å². The molecule has 2 nitrogen and oxygen atoms in total. The predicted molar refractivity (Wildman–Crippen MR) is 42.1 cm³/mol. The van der Waals surface area contributed by atoms with E-state index in [9.17, 15) is 0 Å². The maximum absolute atomic E-state index is 5.44. The molecule has 0 aromatic carbocycles. The minimum absolute atomic E-state index is 0.803. The molecule has 0 saturated carbocycles. The molecule has 1 heterocycles. The van der Waals surface area contributed by atoms with Crippen LogP contribution in [0.15, 0.2) is 0 Å². The average molecular weight is 143 g/mol. The van der Waals surface area contributed by atoms with Crippen LogP contribution in [0.1, 0.15) is 19.8 Å². The van der Waals surface area contributed by atoms with Gasteiger partial charge in [-0.25, -0.2) is 0 Å². The number of rotatable bonds is 5. The van der Waals surface area contributed by atoms with Crippen LogP contribution in [0.4, 0.5) is 0 Å². The Hall–Kier alpha value is -0.0800. The second-order valence-corrected chi connectivity index (χ2v) is 2.95. The molecule has 2 heteroatoms. The maximum Gasteiger partial charge on any atom is 0.0518 e. The van der Waals surface area contributed by atoms with Crippen LogP contribution in [-0.2, 0) is 4.74 Å². The van der Waals surface area contributed by atoms with Gasteiger partial charge in [0.2, 0.25) is 0 Å². The van der Waals surface area contributed by atoms with Crippen molar-refractivity contribution >= 4 is 0 Å². The van der Waals surface area contributed by atoms with Crippen LogP contribution >= 0.6 is 0 Å². The Morgan fingerprint density at radius 2 is 2.30 bits per heavy atom. The molecule has 0 unspecified atom stereocenters. The third kappa shape index (κ3) is 2.67. The molecule has 1 fully saturated rings. The molecule has 60 valence electrons. The van der Waals surface area contributed by atoms with Gasteiger partial charge in [-0.05, 0) is 6.42 Å². The highest BCUT2D eigenvalue weighted by molar-refractivity contribution is 4.73. The lowest BCUT2D eigenvalue weighted by atomic mass is 10.1. The molecule has 0 spiro atoms. The Bertz CT molecular complexity index is 81.3. The van der Waals surface area contributed by atoms with E-state index in [1.165, 1.54) is 12.8 Å². The molecule has 1 aliphatic rings. The third-order valence-electron chi connectivity index (χ3n) is 1.86. The van der Waals surface area contributed by atoms with E-state index in [1.54, 1.807) is 0 Å². The second kappa shape index (κ2) is 4.69. The second-order valence-electron chi connectivity index (χ2n) is 2.95. The maximum atomic E-state index is 5.44. The van der Waals surface area contributed by atoms with Crippen LogP contribution in [0.3, 0.4) is 0 Å². The molecule has 10 heavy (non-hydrogen) atoms. The number of ether oxygens (including phenoxy) is 1. The summed E-state index contributed by atoms with van der Waals surface area (Å²) in [6, 6.07) is 0. The Balaban J connectivity index is 1.76. The lowest BCUT2D eigenvalue weighted by molar-refractivity contribution is 0.0782. The first kappa shape index (κ1) is 8.02. The molecule has 1 N–H and O–H groups in total. The molecule has 1 rings (SSSR count).